The molecule has 3 heteroatoms. The molecule has 1 aromatic heterocycles. The van der Waals surface area contributed by atoms with Crippen LogP contribution in [0.4, 0.5) is 5.82 Å². The van der Waals surface area contributed by atoms with E-state index in [1.807, 2.05) is 24.4 Å². The zero-order valence-electron chi connectivity index (χ0n) is 13.5. The van der Waals surface area contributed by atoms with E-state index in [9.17, 15) is 0 Å². The molecule has 1 fully saturated rings. The Hall–Kier alpha value is -1.77. The number of hydrogen-bond acceptors (Lipinski definition) is 3. The fraction of sp³-hybridized carbons (Fsp3) is 0.500. The van der Waals surface area contributed by atoms with Crippen LogP contribution >= 0.6 is 0 Å². The second-order valence-corrected chi connectivity index (χ2v) is 7.12. The molecule has 3 rings (SSSR count). The van der Waals surface area contributed by atoms with Gasteiger partial charge in [0.2, 0.25) is 0 Å². The topological polar surface area (TPSA) is 34.1 Å². The van der Waals surface area contributed by atoms with E-state index in [0.29, 0.717) is 16.7 Å². The van der Waals surface area contributed by atoms with E-state index in [4.69, 9.17) is 4.74 Å². The predicted octanol–water partition coefficient (Wildman–Crippen LogP) is 4.34. The normalized spacial score (nSPS) is 19.5. The molecule has 0 radical (unpaired) electrons. The van der Waals surface area contributed by atoms with E-state index in [-0.39, 0.29) is 0 Å². The molecule has 0 bridgehead atoms. The first-order valence-corrected chi connectivity index (χ1v) is 7.54. The van der Waals surface area contributed by atoms with Gasteiger partial charge in [0.25, 0.3) is 0 Å². The molecule has 112 valence electrons. The van der Waals surface area contributed by atoms with Crippen molar-refractivity contribution in [2.75, 3.05) is 19.0 Å². The largest absolute Gasteiger partial charge is 0.497 e. The van der Waals surface area contributed by atoms with Crippen LogP contribution in [0.1, 0.15) is 27.7 Å². The van der Waals surface area contributed by atoms with Gasteiger partial charge in [0.15, 0.2) is 0 Å². The molecular formula is C18H24N2O. The van der Waals surface area contributed by atoms with Crippen LogP contribution in [0.2, 0.25) is 0 Å². The molecule has 0 aliphatic heterocycles. The van der Waals surface area contributed by atoms with Crippen molar-refractivity contribution in [2.24, 2.45) is 16.7 Å². The van der Waals surface area contributed by atoms with Crippen LogP contribution in [0.15, 0.2) is 30.5 Å². The number of rotatable bonds is 4. The van der Waals surface area contributed by atoms with Crippen LogP contribution in [-0.2, 0) is 0 Å². The van der Waals surface area contributed by atoms with Gasteiger partial charge in [-0.1, -0.05) is 27.7 Å². The van der Waals surface area contributed by atoms with Crippen LogP contribution < -0.4 is 10.1 Å². The van der Waals surface area contributed by atoms with Gasteiger partial charge < -0.3 is 10.1 Å². The van der Waals surface area contributed by atoms with E-state index in [0.717, 1.165) is 28.9 Å². The third-order valence-electron chi connectivity index (χ3n) is 5.76. The minimum atomic E-state index is 0.397. The predicted molar refractivity (Wildman–Crippen MR) is 87.8 cm³/mol. The van der Waals surface area contributed by atoms with Crippen LogP contribution in [-0.4, -0.2) is 18.6 Å². The second-order valence-electron chi connectivity index (χ2n) is 7.12. The monoisotopic (exact) mass is 284 g/mol. The number of benzene rings is 1. The molecule has 0 atom stereocenters. The van der Waals surface area contributed by atoms with Crippen LogP contribution in [0.25, 0.3) is 10.8 Å². The summed E-state index contributed by atoms with van der Waals surface area (Å²) in [6.45, 7) is 10.4. The lowest BCUT2D eigenvalue weighted by molar-refractivity contribution is 0.415. The number of ether oxygens (including phenoxy) is 1. The van der Waals surface area contributed by atoms with Crippen LogP contribution in [0, 0.1) is 16.7 Å². The minimum Gasteiger partial charge on any atom is -0.497 e. The molecule has 1 N–H and O–H groups in total. The lowest BCUT2D eigenvalue weighted by Gasteiger charge is -2.10. The lowest BCUT2D eigenvalue weighted by atomic mass is 10.0. The van der Waals surface area contributed by atoms with Crippen molar-refractivity contribution >= 4 is 16.6 Å². The van der Waals surface area contributed by atoms with Crippen LogP contribution in [0.3, 0.4) is 0 Å². The fourth-order valence-corrected chi connectivity index (χ4v) is 3.47. The van der Waals surface area contributed by atoms with E-state index in [1.165, 1.54) is 0 Å². The number of anilines is 1. The zero-order valence-corrected chi connectivity index (χ0v) is 13.5. The first-order chi connectivity index (χ1) is 9.88. The zero-order chi connectivity index (χ0) is 15.3. The Morgan fingerprint density at radius 3 is 2.48 bits per heavy atom. The number of methoxy groups -OCH3 is 1. The van der Waals surface area contributed by atoms with Gasteiger partial charge in [0.05, 0.1) is 7.11 Å². The van der Waals surface area contributed by atoms with Gasteiger partial charge >= 0.3 is 0 Å². The average molecular weight is 284 g/mol. The number of fused-ring (bicyclic) bond motifs is 1. The molecule has 1 aliphatic rings. The summed E-state index contributed by atoms with van der Waals surface area (Å²) in [7, 11) is 1.69. The highest BCUT2D eigenvalue weighted by atomic mass is 16.5. The summed E-state index contributed by atoms with van der Waals surface area (Å²) in [6.07, 6.45) is 1.85. The highest BCUT2D eigenvalue weighted by Crippen LogP contribution is 2.68. The molecule has 1 aliphatic carbocycles. The summed E-state index contributed by atoms with van der Waals surface area (Å²) in [6, 6.07) is 8.13. The van der Waals surface area contributed by atoms with E-state index < -0.39 is 0 Å². The molecular weight excluding hydrogens is 260 g/mol. The van der Waals surface area contributed by atoms with E-state index in [1.54, 1.807) is 7.11 Å². The Morgan fingerprint density at radius 2 is 1.86 bits per heavy atom. The maximum atomic E-state index is 5.28. The number of pyridine rings is 1. The Labute approximate surface area is 126 Å². The SMILES string of the molecule is COc1ccc2c(NCC3C(C)(C)C3(C)C)nccc2c1. The molecule has 1 saturated carbocycles. The molecule has 0 unspecified atom stereocenters. The summed E-state index contributed by atoms with van der Waals surface area (Å²) >= 11 is 0. The molecule has 0 amide bonds. The number of nitrogens with zero attached hydrogens (tertiary/aromatic N) is 1. The Bertz CT molecular complexity index is 662. The maximum absolute atomic E-state index is 5.28. The highest BCUT2D eigenvalue weighted by Gasteiger charge is 2.64. The van der Waals surface area contributed by atoms with E-state index in [2.05, 4.69) is 44.1 Å². The molecule has 1 aromatic carbocycles. The maximum Gasteiger partial charge on any atom is 0.133 e. The third kappa shape index (κ3) is 2.15. The van der Waals surface area contributed by atoms with Crippen molar-refractivity contribution in [3.63, 3.8) is 0 Å². The Balaban J connectivity index is 1.82. The van der Waals surface area contributed by atoms with Gasteiger partial charge in [-0.25, -0.2) is 4.98 Å². The van der Waals surface area contributed by atoms with Crippen molar-refractivity contribution in [1.29, 1.82) is 0 Å². The van der Waals surface area contributed by atoms with Crippen molar-refractivity contribution in [3.05, 3.63) is 30.5 Å². The van der Waals surface area contributed by atoms with Crippen LogP contribution in [0.5, 0.6) is 5.75 Å². The van der Waals surface area contributed by atoms with Gasteiger partial charge in [0.1, 0.15) is 11.6 Å². The Morgan fingerprint density at radius 1 is 1.14 bits per heavy atom. The quantitative estimate of drug-likeness (QED) is 0.907. The summed E-state index contributed by atoms with van der Waals surface area (Å²) in [4.78, 5) is 4.51. The standard InChI is InChI=1S/C18H24N2O/c1-17(2)15(18(17,3)4)11-20-16-14-7-6-13(21-5)10-12(14)8-9-19-16/h6-10,15H,11H2,1-5H3,(H,19,20). The van der Waals surface area contributed by atoms with Gasteiger partial charge in [0, 0.05) is 18.1 Å². The number of nitrogens with one attached hydrogen (secondary N) is 1. The first kappa shape index (κ1) is 14.2. The fourth-order valence-electron chi connectivity index (χ4n) is 3.47. The molecule has 0 spiro atoms. The molecule has 1 heterocycles. The van der Waals surface area contributed by atoms with Crippen molar-refractivity contribution < 1.29 is 4.74 Å². The summed E-state index contributed by atoms with van der Waals surface area (Å²) in [5.74, 6) is 2.53. The van der Waals surface area contributed by atoms with Crippen molar-refractivity contribution in [3.8, 4) is 5.75 Å². The average Bonchev–Trinajstić information content (AvgIpc) is 2.85. The molecule has 3 nitrogen and oxygen atoms in total. The smallest absolute Gasteiger partial charge is 0.133 e. The summed E-state index contributed by atoms with van der Waals surface area (Å²) in [5, 5.41) is 5.85. The minimum absolute atomic E-state index is 0.397. The number of hydrogen-bond donors (Lipinski definition) is 1. The molecule has 0 saturated heterocycles. The van der Waals surface area contributed by atoms with Gasteiger partial charge in [-0.3, -0.25) is 0 Å². The second kappa shape index (κ2) is 4.62. The molecule has 21 heavy (non-hydrogen) atoms. The van der Waals surface area contributed by atoms with Crippen molar-refractivity contribution in [1.82, 2.24) is 4.98 Å². The third-order valence-corrected chi connectivity index (χ3v) is 5.76. The summed E-state index contributed by atoms with van der Waals surface area (Å²) < 4.78 is 5.28. The Kier molecular flexibility index (Phi) is 3.12. The van der Waals surface area contributed by atoms with Gasteiger partial charge in [-0.15, -0.1) is 0 Å². The lowest BCUT2D eigenvalue weighted by Crippen LogP contribution is -2.09. The van der Waals surface area contributed by atoms with Crippen molar-refractivity contribution in [2.45, 2.75) is 27.7 Å². The van der Waals surface area contributed by atoms with Gasteiger partial charge in [-0.05, 0) is 46.4 Å². The molecule has 2 aromatic rings. The summed E-state index contributed by atoms with van der Waals surface area (Å²) in [5.41, 5.74) is 0.793. The van der Waals surface area contributed by atoms with E-state index >= 15 is 0 Å². The highest BCUT2D eigenvalue weighted by molar-refractivity contribution is 5.92. The number of aromatic nitrogens is 1. The first-order valence-electron chi connectivity index (χ1n) is 7.54. The van der Waals surface area contributed by atoms with Gasteiger partial charge in [-0.2, -0.15) is 0 Å².